The molecule has 0 aliphatic carbocycles. The standard InChI is InChI=1S/C8H10FN3O5/c9-5-6(14)4(3-13)17-7(5)11-2-1-10-8(11)12(15)16/h1-2,4-7,13-14H,3H2/t4-,5+,6-,7?/m1/s1. The van der Waals surface area contributed by atoms with E-state index in [2.05, 4.69) is 4.98 Å². The van der Waals surface area contributed by atoms with Crippen LogP contribution in [0.1, 0.15) is 6.23 Å². The van der Waals surface area contributed by atoms with E-state index in [9.17, 15) is 19.6 Å². The maximum absolute atomic E-state index is 13.7. The minimum Gasteiger partial charge on any atom is -0.394 e. The van der Waals surface area contributed by atoms with Crippen molar-refractivity contribution in [3.8, 4) is 0 Å². The van der Waals surface area contributed by atoms with Crippen LogP contribution in [-0.4, -0.2) is 49.7 Å². The second kappa shape index (κ2) is 4.35. The molecule has 1 aromatic heterocycles. The van der Waals surface area contributed by atoms with Crippen LogP contribution in [0.3, 0.4) is 0 Å². The number of aliphatic hydroxyl groups is 2. The number of aromatic nitrogens is 2. The zero-order valence-corrected chi connectivity index (χ0v) is 8.51. The van der Waals surface area contributed by atoms with Crippen molar-refractivity contribution in [2.75, 3.05) is 6.61 Å². The van der Waals surface area contributed by atoms with E-state index in [1.54, 1.807) is 0 Å². The highest BCUT2D eigenvalue weighted by Gasteiger charge is 2.48. The Bertz CT molecular complexity index is 425. The van der Waals surface area contributed by atoms with E-state index >= 15 is 0 Å². The Morgan fingerprint density at radius 1 is 1.71 bits per heavy atom. The summed E-state index contributed by atoms with van der Waals surface area (Å²) >= 11 is 0. The highest BCUT2D eigenvalue weighted by molar-refractivity contribution is 5.10. The molecule has 1 aliphatic heterocycles. The van der Waals surface area contributed by atoms with Crippen LogP contribution < -0.4 is 0 Å². The van der Waals surface area contributed by atoms with Crippen molar-refractivity contribution in [3.63, 3.8) is 0 Å². The van der Waals surface area contributed by atoms with Gasteiger partial charge in [-0.2, -0.15) is 4.57 Å². The van der Waals surface area contributed by atoms with Gasteiger partial charge in [-0.15, -0.1) is 0 Å². The van der Waals surface area contributed by atoms with Crippen LogP contribution in [0.5, 0.6) is 0 Å². The molecule has 1 aromatic rings. The summed E-state index contributed by atoms with van der Waals surface area (Å²) in [6, 6.07) is 0. The van der Waals surface area contributed by atoms with Gasteiger partial charge in [-0.1, -0.05) is 4.98 Å². The average molecular weight is 247 g/mol. The fraction of sp³-hybridized carbons (Fsp3) is 0.625. The fourth-order valence-corrected chi connectivity index (χ4v) is 1.72. The predicted molar refractivity (Wildman–Crippen MR) is 50.8 cm³/mol. The third-order valence-electron chi connectivity index (χ3n) is 2.56. The second-order valence-corrected chi connectivity index (χ2v) is 3.57. The number of alkyl halides is 1. The largest absolute Gasteiger partial charge is 0.436 e. The van der Waals surface area contributed by atoms with Gasteiger partial charge in [0.2, 0.25) is 6.23 Å². The Hall–Kier alpha value is -1.58. The molecule has 9 heteroatoms. The zero-order valence-electron chi connectivity index (χ0n) is 8.51. The number of hydrogen-bond donors (Lipinski definition) is 2. The lowest BCUT2D eigenvalue weighted by molar-refractivity contribution is -0.398. The minimum absolute atomic E-state index is 0.569. The number of hydrogen-bond acceptors (Lipinski definition) is 6. The van der Waals surface area contributed by atoms with Gasteiger partial charge in [0.25, 0.3) is 0 Å². The van der Waals surface area contributed by atoms with E-state index in [4.69, 9.17) is 9.84 Å². The van der Waals surface area contributed by atoms with Crippen LogP contribution in [0.25, 0.3) is 0 Å². The predicted octanol–water partition coefficient (Wildman–Crippen LogP) is -0.620. The molecular weight excluding hydrogens is 237 g/mol. The molecule has 0 spiro atoms. The third kappa shape index (κ3) is 1.88. The Kier molecular flexibility index (Phi) is 3.05. The number of nitrogens with zero attached hydrogens (tertiary/aromatic N) is 3. The quantitative estimate of drug-likeness (QED) is 0.544. The van der Waals surface area contributed by atoms with Crippen LogP contribution in [0.2, 0.25) is 0 Å². The van der Waals surface area contributed by atoms with Crippen molar-refractivity contribution in [2.45, 2.75) is 24.6 Å². The highest BCUT2D eigenvalue weighted by Crippen LogP contribution is 2.33. The van der Waals surface area contributed by atoms with Gasteiger partial charge in [0, 0.05) is 0 Å². The van der Waals surface area contributed by atoms with Crippen molar-refractivity contribution in [3.05, 3.63) is 22.5 Å². The molecule has 4 atom stereocenters. The molecule has 0 amide bonds. The molecule has 2 N–H and O–H groups in total. The topological polar surface area (TPSA) is 111 Å². The molecule has 1 fully saturated rings. The van der Waals surface area contributed by atoms with Gasteiger partial charge in [-0.3, -0.25) is 0 Å². The lowest BCUT2D eigenvalue weighted by Gasteiger charge is -2.11. The van der Waals surface area contributed by atoms with Crippen molar-refractivity contribution < 1.29 is 24.3 Å². The summed E-state index contributed by atoms with van der Waals surface area (Å²) in [5.74, 6) is -0.580. The van der Waals surface area contributed by atoms with Gasteiger partial charge in [0.15, 0.2) is 6.17 Å². The lowest BCUT2D eigenvalue weighted by Crippen LogP contribution is -2.30. The van der Waals surface area contributed by atoms with E-state index in [1.807, 2.05) is 0 Å². The summed E-state index contributed by atoms with van der Waals surface area (Å²) in [5.41, 5.74) is 0. The number of halogens is 1. The molecular formula is C8H10FN3O5. The summed E-state index contributed by atoms with van der Waals surface area (Å²) in [6.45, 7) is -0.569. The third-order valence-corrected chi connectivity index (χ3v) is 2.56. The molecule has 2 rings (SSSR count). The van der Waals surface area contributed by atoms with Crippen LogP contribution in [0.15, 0.2) is 12.4 Å². The Morgan fingerprint density at radius 2 is 2.41 bits per heavy atom. The molecule has 94 valence electrons. The van der Waals surface area contributed by atoms with Gasteiger partial charge < -0.3 is 25.1 Å². The minimum atomic E-state index is -1.86. The molecule has 0 radical (unpaired) electrons. The summed E-state index contributed by atoms with van der Waals surface area (Å²) in [6.07, 6.45) is -3.52. The number of nitro groups is 1. The van der Waals surface area contributed by atoms with E-state index in [0.717, 1.165) is 10.8 Å². The smallest absolute Gasteiger partial charge is 0.394 e. The van der Waals surface area contributed by atoms with Crippen LogP contribution in [-0.2, 0) is 4.74 Å². The first kappa shape index (κ1) is 11.9. The monoisotopic (exact) mass is 247 g/mol. The average Bonchev–Trinajstić information content (AvgIpc) is 2.86. The normalized spacial score (nSPS) is 32.9. The first-order valence-corrected chi connectivity index (χ1v) is 4.82. The summed E-state index contributed by atoms with van der Waals surface area (Å²) < 4.78 is 19.6. The summed E-state index contributed by atoms with van der Waals surface area (Å²) in [5, 5.41) is 28.8. The van der Waals surface area contributed by atoms with Crippen LogP contribution in [0.4, 0.5) is 10.3 Å². The Balaban J connectivity index is 2.29. The molecule has 1 aliphatic rings. The number of aliphatic hydroxyl groups excluding tert-OH is 2. The van der Waals surface area contributed by atoms with Crippen molar-refractivity contribution >= 4 is 5.95 Å². The lowest BCUT2D eigenvalue weighted by atomic mass is 10.1. The van der Waals surface area contributed by atoms with E-state index in [-0.39, 0.29) is 0 Å². The van der Waals surface area contributed by atoms with Crippen LogP contribution in [0, 0.1) is 10.1 Å². The number of ether oxygens (including phenoxy) is 1. The molecule has 0 bridgehead atoms. The summed E-state index contributed by atoms with van der Waals surface area (Å²) in [4.78, 5) is 13.3. The zero-order chi connectivity index (χ0) is 12.6. The van der Waals surface area contributed by atoms with Gasteiger partial charge >= 0.3 is 5.95 Å². The van der Waals surface area contributed by atoms with Crippen molar-refractivity contribution in [2.24, 2.45) is 0 Å². The second-order valence-electron chi connectivity index (χ2n) is 3.57. The van der Waals surface area contributed by atoms with Crippen molar-refractivity contribution in [1.82, 2.24) is 9.55 Å². The highest BCUT2D eigenvalue weighted by atomic mass is 19.1. The van der Waals surface area contributed by atoms with Gasteiger partial charge in [-0.05, 0) is 4.92 Å². The first-order chi connectivity index (χ1) is 8.06. The number of rotatable bonds is 3. The molecule has 1 unspecified atom stereocenters. The maximum Gasteiger partial charge on any atom is 0.436 e. The maximum atomic E-state index is 13.7. The SMILES string of the molecule is O=[N+]([O-])c1nccn1C1O[C@H](CO)[C@@H](O)[C@@H]1F. The van der Waals surface area contributed by atoms with Crippen molar-refractivity contribution in [1.29, 1.82) is 0 Å². The van der Waals surface area contributed by atoms with E-state index in [1.165, 1.54) is 6.20 Å². The molecule has 17 heavy (non-hydrogen) atoms. The van der Waals surface area contributed by atoms with Gasteiger partial charge in [0.05, 0.1) is 6.61 Å². The van der Waals surface area contributed by atoms with Gasteiger partial charge in [-0.25, -0.2) is 4.39 Å². The molecule has 0 aromatic carbocycles. The fourth-order valence-electron chi connectivity index (χ4n) is 1.72. The molecule has 2 heterocycles. The molecule has 8 nitrogen and oxygen atoms in total. The summed E-state index contributed by atoms with van der Waals surface area (Å²) in [7, 11) is 0. The van der Waals surface area contributed by atoms with E-state index < -0.39 is 42.1 Å². The number of imidazole rings is 1. The molecule has 1 saturated heterocycles. The van der Waals surface area contributed by atoms with Crippen LogP contribution >= 0.6 is 0 Å². The Morgan fingerprint density at radius 3 is 2.94 bits per heavy atom. The van der Waals surface area contributed by atoms with Gasteiger partial charge in [0.1, 0.15) is 24.6 Å². The Labute approximate surface area is 94.4 Å². The van der Waals surface area contributed by atoms with E-state index in [0.29, 0.717) is 0 Å². The first-order valence-electron chi connectivity index (χ1n) is 4.82. The molecule has 0 saturated carbocycles.